The van der Waals surface area contributed by atoms with Crippen LogP contribution in [0.2, 0.25) is 0 Å². The largest absolute Gasteiger partial charge is 0.469 e. The van der Waals surface area contributed by atoms with Crippen LogP contribution in [0.3, 0.4) is 0 Å². The van der Waals surface area contributed by atoms with Gasteiger partial charge in [-0.2, -0.15) is 26.3 Å². The fourth-order valence-electron chi connectivity index (χ4n) is 3.10. The van der Waals surface area contributed by atoms with Gasteiger partial charge in [-0.25, -0.2) is 0 Å². The number of aryl methyl sites for hydroxylation is 1. The molecule has 1 N–H and O–H groups in total. The molecular weight excluding hydrogens is 440 g/mol. The Balaban J connectivity index is 2.56. The van der Waals surface area contributed by atoms with Crippen molar-refractivity contribution in [1.29, 1.82) is 0 Å². The first-order chi connectivity index (χ1) is 13.8. The lowest BCUT2D eigenvalue weighted by atomic mass is 9.89. The molecule has 2 rings (SSSR count). The summed E-state index contributed by atoms with van der Waals surface area (Å²) in [5.74, 6) is -0.909. The Morgan fingerprint density at radius 2 is 1.73 bits per heavy atom. The number of anilines is 1. The van der Waals surface area contributed by atoms with Crippen LogP contribution in [0.1, 0.15) is 30.9 Å². The molecule has 1 aliphatic heterocycles. The third-order valence-electron chi connectivity index (χ3n) is 4.69. The Morgan fingerprint density at radius 1 is 1.13 bits per heavy atom. The van der Waals surface area contributed by atoms with Gasteiger partial charge in [0.15, 0.2) is 0 Å². The molecule has 168 valence electrons. The van der Waals surface area contributed by atoms with Gasteiger partial charge in [-0.15, -0.1) is 11.8 Å². The number of amides is 1. The van der Waals surface area contributed by atoms with Gasteiger partial charge < -0.3 is 14.7 Å². The number of esters is 1. The molecule has 0 radical (unpaired) electrons. The molecule has 1 aromatic rings. The van der Waals surface area contributed by atoms with Gasteiger partial charge in [0.2, 0.25) is 5.91 Å². The van der Waals surface area contributed by atoms with Crippen LogP contribution >= 0.6 is 11.8 Å². The van der Waals surface area contributed by atoms with Gasteiger partial charge in [0, 0.05) is 29.2 Å². The summed E-state index contributed by atoms with van der Waals surface area (Å²) in [6.07, 6.45) is -12.4. The summed E-state index contributed by atoms with van der Waals surface area (Å²) in [5, 5.41) is 9.73. The molecule has 0 saturated heterocycles. The Morgan fingerprint density at radius 3 is 2.23 bits per heavy atom. The predicted octanol–water partition coefficient (Wildman–Crippen LogP) is 3.95. The summed E-state index contributed by atoms with van der Waals surface area (Å²) < 4.78 is 84.2. The predicted molar refractivity (Wildman–Crippen MR) is 96.2 cm³/mol. The number of rotatable bonds is 5. The van der Waals surface area contributed by atoms with Gasteiger partial charge >= 0.3 is 18.3 Å². The maximum absolute atomic E-state index is 13.3. The first kappa shape index (κ1) is 24.3. The zero-order valence-electron chi connectivity index (χ0n) is 16.0. The topological polar surface area (TPSA) is 66.8 Å². The minimum absolute atomic E-state index is 0.0172. The second-order valence-electron chi connectivity index (χ2n) is 6.51. The van der Waals surface area contributed by atoms with Crippen LogP contribution in [-0.2, 0) is 26.3 Å². The van der Waals surface area contributed by atoms with E-state index in [1.54, 1.807) is 0 Å². The third kappa shape index (κ3) is 4.39. The van der Waals surface area contributed by atoms with Crippen LogP contribution in [-0.4, -0.2) is 48.7 Å². The van der Waals surface area contributed by atoms with E-state index in [4.69, 9.17) is 0 Å². The van der Waals surface area contributed by atoms with E-state index < -0.39 is 35.4 Å². The molecule has 0 aromatic heterocycles. The van der Waals surface area contributed by atoms with Gasteiger partial charge in [0.05, 0.1) is 19.2 Å². The van der Waals surface area contributed by atoms with E-state index in [1.807, 2.05) is 0 Å². The molecule has 0 bridgehead atoms. The van der Waals surface area contributed by atoms with Crippen molar-refractivity contribution in [2.24, 2.45) is 0 Å². The molecule has 12 heteroatoms. The van der Waals surface area contributed by atoms with Gasteiger partial charge in [-0.1, -0.05) is 13.0 Å². The van der Waals surface area contributed by atoms with Gasteiger partial charge in [0.25, 0.3) is 5.60 Å². The Bertz CT molecular complexity index is 793. The summed E-state index contributed by atoms with van der Waals surface area (Å²) >= 11 is 0.989. The number of fused-ring (bicyclic) bond motifs is 1. The number of alkyl halides is 6. The third-order valence-corrected chi connectivity index (χ3v) is 5.70. The van der Waals surface area contributed by atoms with Crippen LogP contribution in [0.25, 0.3) is 0 Å². The first-order valence-electron chi connectivity index (χ1n) is 8.81. The zero-order valence-corrected chi connectivity index (χ0v) is 16.8. The Kier molecular flexibility index (Phi) is 7.02. The zero-order chi connectivity index (χ0) is 22.9. The molecule has 1 heterocycles. The van der Waals surface area contributed by atoms with Crippen molar-refractivity contribution in [2.45, 2.75) is 49.0 Å². The van der Waals surface area contributed by atoms with Crippen LogP contribution in [0.15, 0.2) is 17.0 Å². The minimum atomic E-state index is -6.00. The van der Waals surface area contributed by atoms with E-state index in [0.717, 1.165) is 18.9 Å². The van der Waals surface area contributed by atoms with Crippen molar-refractivity contribution in [3.63, 3.8) is 0 Å². The molecule has 1 aliphatic rings. The summed E-state index contributed by atoms with van der Waals surface area (Å²) in [7, 11) is 1.15. The maximum Gasteiger partial charge on any atom is 0.430 e. The van der Waals surface area contributed by atoms with E-state index in [0.29, 0.717) is 12.1 Å². The van der Waals surface area contributed by atoms with Crippen molar-refractivity contribution in [2.75, 3.05) is 24.3 Å². The quantitative estimate of drug-likeness (QED) is 0.534. The lowest BCUT2D eigenvalue weighted by molar-refractivity contribution is -0.376. The molecule has 0 unspecified atom stereocenters. The van der Waals surface area contributed by atoms with E-state index in [-0.39, 0.29) is 47.7 Å². The number of hydrogen-bond acceptors (Lipinski definition) is 5. The summed E-state index contributed by atoms with van der Waals surface area (Å²) in [6, 6.07) is 1.26. The molecule has 0 fully saturated rings. The molecule has 5 nitrogen and oxygen atoms in total. The van der Waals surface area contributed by atoms with Crippen molar-refractivity contribution >= 4 is 29.3 Å². The lowest BCUT2D eigenvalue weighted by Gasteiger charge is -2.36. The second kappa shape index (κ2) is 8.66. The number of carbonyl (C=O) groups excluding carboxylic acids is 2. The molecular formula is C18H19F6NO4S. The second-order valence-corrected chi connectivity index (χ2v) is 7.65. The number of hydrogen-bond donors (Lipinski definition) is 1. The van der Waals surface area contributed by atoms with Crippen LogP contribution in [0.4, 0.5) is 32.0 Å². The number of thioether (sulfide) groups is 1. The number of methoxy groups -OCH3 is 1. The fraction of sp³-hybridized carbons (Fsp3) is 0.556. The number of benzene rings is 1. The first-order valence-corrected chi connectivity index (χ1v) is 9.79. The standard InChI is InChI=1S/C18H19F6NO4S/c1-3-10-8-11(16(28,17(19,20)21)18(22,23)24)9-12-15(10)25(6-7-30-12)13(26)4-5-14(27)29-2/h8-9,28H,3-7H2,1-2H3. The highest BCUT2D eigenvalue weighted by atomic mass is 32.2. The molecule has 1 aromatic carbocycles. The van der Waals surface area contributed by atoms with Crippen LogP contribution in [0, 0.1) is 0 Å². The highest BCUT2D eigenvalue weighted by molar-refractivity contribution is 7.99. The number of carbonyl (C=O) groups is 2. The number of nitrogens with zero attached hydrogens (tertiary/aromatic N) is 1. The molecule has 0 spiro atoms. The Hall–Kier alpha value is -1.95. The van der Waals surface area contributed by atoms with E-state index in [9.17, 15) is 41.0 Å². The molecule has 1 amide bonds. The summed E-state index contributed by atoms with van der Waals surface area (Å²) in [5.41, 5.74) is -6.15. The van der Waals surface area contributed by atoms with E-state index in [2.05, 4.69) is 4.74 Å². The normalized spacial score (nSPS) is 15.0. The number of ether oxygens (including phenoxy) is 1. The van der Waals surface area contributed by atoms with Gasteiger partial charge in [-0.3, -0.25) is 9.59 Å². The highest BCUT2D eigenvalue weighted by Crippen LogP contribution is 2.52. The molecule has 30 heavy (non-hydrogen) atoms. The number of halogens is 6. The summed E-state index contributed by atoms with van der Waals surface area (Å²) in [6.45, 7) is 1.68. The number of aliphatic hydroxyl groups is 1. The van der Waals surface area contributed by atoms with Crippen molar-refractivity contribution in [1.82, 2.24) is 0 Å². The smallest absolute Gasteiger partial charge is 0.430 e. The fourth-order valence-corrected chi connectivity index (χ4v) is 4.18. The van der Waals surface area contributed by atoms with E-state index in [1.165, 1.54) is 11.8 Å². The monoisotopic (exact) mass is 459 g/mol. The van der Waals surface area contributed by atoms with E-state index >= 15 is 0 Å². The molecule has 0 atom stereocenters. The van der Waals surface area contributed by atoms with Crippen molar-refractivity contribution in [3.05, 3.63) is 23.3 Å². The van der Waals surface area contributed by atoms with Gasteiger partial charge in [0.1, 0.15) is 0 Å². The average molecular weight is 459 g/mol. The molecule has 0 aliphatic carbocycles. The summed E-state index contributed by atoms with van der Waals surface area (Å²) in [4.78, 5) is 25.1. The van der Waals surface area contributed by atoms with Crippen LogP contribution < -0.4 is 4.90 Å². The van der Waals surface area contributed by atoms with Crippen molar-refractivity contribution in [3.8, 4) is 0 Å². The van der Waals surface area contributed by atoms with Gasteiger partial charge in [-0.05, 0) is 18.1 Å². The molecule has 0 saturated carbocycles. The van der Waals surface area contributed by atoms with Crippen molar-refractivity contribution < 1.29 is 45.8 Å². The van der Waals surface area contributed by atoms with Crippen LogP contribution in [0.5, 0.6) is 0 Å². The lowest BCUT2D eigenvalue weighted by Crippen LogP contribution is -2.54. The average Bonchev–Trinajstić information content (AvgIpc) is 2.67. The Labute approximate surface area is 172 Å². The highest BCUT2D eigenvalue weighted by Gasteiger charge is 2.71. The maximum atomic E-state index is 13.3. The SMILES string of the molecule is CCc1cc(C(O)(C(F)(F)F)C(F)(F)F)cc2c1N(C(=O)CCC(=O)OC)CCS2. The minimum Gasteiger partial charge on any atom is -0.469 e.